The number of halogens is 1. The molecule has 9 heteroatoms. The summed E-state index contributed by atoms with van der Waals surface area (Å²) < 4.78 is 13.1. The molecule has 1 unspecified atom stereocenters. The maximum atomic E-state index is 13.1. The fourth-order valence-electron chi connectivity index (χ4n) is 3.24. The van der Waals surface area contributed by atoms with E-state index in [4.69, 9.17) is 5.73 Å². The molecule has 0 fully saturated rings. The van der Waals surface area contributed by atoms with Gasteiger partial charge in [-0.1, -0.05) is 12.1 Å². The minimum atomic E-state index is -0.766. The van der Waals surface area contributed by atoms with E-state index in [1.165, 1.54) is 23.2 Å². The number of aromatic amines is 1. The molecule has 0 saturated carbocycles. The summed E-state index contributed by atoms with van der Waals surface area (Å²) in [6, 6.07) is 7.08. The molecule has 1 atom stereocenters. The maximum Gasteiger partial charge on any atom is 0.265 e. The van der Waals surface area contributed by atoms with Crippen LogP contribution in [0.25, 0.3) is 11.0 Å². The van der Waals surface area contributed by atoms with Crippen LogP contribution in [0.5, 0.6) is 5.75 Å². The lowest BCUT2D eigenvalue weighted by atomic mass is 10.1. The molecule has 158 valence electrons. The Morgan fingerprint density at radius 1 is 1.30 bits per heavy atom. The molecule has 2 heterocycles. The summed E-state index contributed by atoms with van der Waals surface area (Å²) in [4.78, 5) is 33.5. The van der Waals surface area contributed by atoms with Crippen molar-refractivity contribution in [3.8, 4) is 5.75 Å². The molecule has 3 aromatic rings. The topological polar surface area (TPSA) is 133 Å². The smallest absolute Gasteiger partial charge is 0.265 e. The number of benzene rings is 1. The predicted molar refractivity (Wildman–Crippen MR) is 110 cm³/mol. The summed E-state index contributed by atoms with van der Waals surface area (Å²) in [6.45, 7) is 1.54. The first-order valence-corrected chi connectivity index (χ1v) is 9.46. The van der Waals surface area contributed by atoms with Crippen molar-refractivity contribution in [3.05, 3.63) is 69.4 Å². The molecule has 0 aliphatic heterocycles. The Hall–Kier alpha value is -3.30. The Morgan fingerprint density at radius 2 is 2.00 bits per heavy atom. The highest BCUT2D eigenvalue weighted by Gasteiger charge is 2.27. The molecule has 1 aromatic carbocycles. The quantitative estimate of drug-likeness (QED) is 0.458. The Bertz CT molecular complexity index is 1110. The summed E-state index contributed by atoms with van der Waals surface area (Å²) >= 11 is 0. The average Bonchev–Trinajstić information content (AvgIpc) is 2.72. The van der Waals surface area contributed by atoms with Gasteiger partial charge in [-0.2, -0.15) is 0 Å². The molecular formula is C21H23FN4O4. The van der Waals surface area contributed by atoms with Crippen LogP contribution in [0.3, 0.4) is 0 Å². The van der Waals surface area contributed by atoms with Crippen molar-refractivity contribution in [2.75, 3.05) is 19.7 Å². The second-order valence-corrected chi connectivity index (χ2v) is 7.04. The number of hydrogen-bond donors (Lipinski definition) is 4. The summed E-state index contributed by atoms with van der Waals surface area (Å²) in [5.74, 6) is -1.60. The lowest BCUT2D eigenvalue weighted by molar-refractivity contribution is 0.0621. The number of carbonyl (C=O) groups excluding carboxylic acids is 1. The zero-order valence-corrected chi connectivity index (χ0v) is 16.4. The highest BCUT2D eigenvalue weighted by molar-refractivity contribution is 6.01. The molecular weight excluding hydrogens is 391 g/mol. The molecule has 5 N–H and O–H groups in total. The third-order valence-electron chi connectivity index (χ3n) is 4.84. The maximum absolute atomic E-state index is 13.1. The molecule has 0 spiro atoms. The van der Waals surface area contributed by atoms with Crippen molar-refractivity contribution in [1.82, 2.24) is 14.9 Å². The van der Waals surface area contributed by atoms with Gasteiger partial charge in [-0.3, -0.25) is 14.6 Å². The fraction of sp³-hybridized carbons (Fsp3) is 0.286. The van der Waals surface area contributed by atoms with Gasteiger partial charge in [-0.15, -0.1) is 0 Å². The van der Waals surface area contributed by atoms with E-state index in [1.54, 1.807) is 25.1 Å². The SMILES string of the molecule is CC(CO)N(CCN)C(=O)c1c(O)c2ncc(Cc3ccc(F)cc3)cc2[nH]c1=O. The van der Waals surface area contributed by atoms with Crippen molar-refractivity contribution in [3.63, 3.8) is 0 Å². The van der Waals surface area contributed by atoms with Crippen molar-refractivity contribution < 1.29 is 19.4 Å². The number of aliphatic hydroxyl groups is 1. The number of carbonyl (C=O) groups is 1. The number of rotatable bonds is 7. The molecule has 0 aliphatic rings. The Balaban J connectivity index is 1.99. The van der Waals surface area contributed by atoms with E-state index in [2.05, 4.69) is 9.97 Å². The van der Waals surface area contributed by atoms with E-state index in [0.717, 1.165) is 11.1 Å². The van der Waals surface area contributed by atoms with Crippen molar-refractivity contribution in [1.29, 1.82) is 0 Å². The molecule has 0 radical (unpaired) electrons. The second kappa shape index (κ2) is 9.02. The second-order valence-electron chi connectivity index (χ2n) is 7.04. The van der Waals surface area contributed by atoms with Gasteiger partial charge in [0.1, 0.15) is 16.9 Å². The highest BCUT2D eigenvalue weighted by Crippen LogP contribution is 2.25. The summed E-state index contributed by atoms with van der Waals surface area (Å²) in [7, 11) is 0. The van der Waals surface area contributed by atoms with Crippen LogP contribution in [-0.4, -0.2) is 56.7 Å². The first-order chi connectivity index (χ1) is 14.3. The molecule has 1 amide bonds. The van der Waals surface area contributed by atoms with E-state index < -0.39 is 28.8 Å². The summed E-state index contributed by atoms with van der Waals surface area (Å²) in [5.41, 5.74) is 6.26. The van der Waals surface area contributed by atoms with Crippen LogP contribution in [0, 0.1) is 5.82 Å². The monoisotopic (exact) mass is 414 g/mol. The van der Waals surface area contributed by atoms with E-state index in [-0.39, 0.29) is 36.5 Å². The Kier molecular flexibility index (Phi) is 6.43. The Labute approximate surface area is 171 Å². The lowest BCUT2D eigenvalue weighted by Gasteiger charge is -2.27. The van der Waals surface area contributed by atoms with E-state index in [0.29, 0.717) is 6.42 Å². The van der Waals surface area contributed by atoms with Gasteiger partial charge < -0.3 is 25.8 Å². The van der Waals surface area contributed by atoms with Gasteiger partial charge in [0.05, 0.1) is 18.2 Å². The predicted octanol–water partition coefficient (Wildman–Crippen LogP) is 1.14. The molecule has 0 saturated heterocycles. The van der Waals surface area contributed by atoms with Gasteiger partial charge in [-0.25, -0.2) is 4.39 Å². The van der Waals surface area contributed by atoms with E-state index in [9.17, 15) is 24.2 Å². The van der Waals surface area contributed by atoms with Crippen LogP contribution >= 0.6 is 0 Å². The van der Waals surface area contributed by atoms with E-state index in [1.807, 2.05) is 0 Å². The number of H-pyrrole nitrogens is 1. The van der Waals surface area contributed by atoms with Crippen LogP contribution in [0.2, 0.25) is 0 Å². The van der Waals surface area contributed by atoms with Crippen molar-refractivity contribution >= 4 is 16.9 Å². The number of amides is 1. The van der Waals surface area contributed by atoms with Gasteiger partial charge in [0.15, 0.2) is 5.75 Å². The number of aliphatic hydroxyl groups excluding tert-OH is 1. The summed E-state index contributed by atoms with van der Waals surface area (Å²) in [5, 5.41) is 20.0. The number of aromatic nitrogens is 2. The lowest BCUT2D eigenvalue weighted by Crippen LogP contribution is -2.45. The third kappa shape index (κ3) is 4.32. The largest absolute Gasteiger partial charge is 0.505 e. The molecule has 30 heavy (non-hydrogen) atoms. The normalized spacial score (nSPS) is 12.1. The number of nitrogens with zero attached hydrogens (tertiary/aromatic N) is 2. The van der Waals surface area contributed by atoms with Crippen molar-refractivity contribution in [2.24, 2.45) is 5.73 Å². The molecule has 0 aliphatic carbocycles. The molecule has 0 bridgehead atoms. The van der Waals surface area contributed by atoms with Gasteiger partial charge in [0.25, 0.3) is 11.5 Å². The van der Waals surface area contributed by atoms with Gasteiger partial charge in [0.2, 0.25) is 0 Å². The number of aromatic hydroxyl groups is 1. The molecule has 2 aromatic heterocycles. The average molecular weight is 414 g/mol. The third-order valence-corrected chi connectivity index (χ3v) is 4.84. The number of hydrogen-bond acceptors (Lipinski definition) is 6. The zero-order valence-electron chi connectivity index (χ0n) is 16.4. The minimum Gasteiger partial charge on any atom is -0.505 e. The zero-order chi connectivity index (χ0) is 21.8. The highest BCUT2D eigenvalue weighted by atomic mass is 19.1. The fourth-order valence-corrected chi connectivity index (χ4v) is 3.24. The van der Waals surface area contributed by atoms with Crippen LogP contribution < -0.4 is 11.3 Å². The van der Waals surface area contributed by atoms with Crippen LogP contribution in [0.15, 0.2) is 41.3 Å². The van der Waals surface area contributed by atoms with Crippen molar-refractivity contribution in [2.45, 2.75) is 19.4 Å². The van der Waals surface area contributed by atoms with Crippen LogP contribution in [0.4, 0.5) is 4.39 Å². The van der Waals surface area contributed by atoms with Crippen LogP contribution in [-0.2, 0) is 6.42 Å². The molecule has 3 rings (SSSR count). The standard InChI is InChI=1S/C21H23FN4O4/c1-12(11-27)26(7-6-23)21(30)17-19(28)18-16(25-20(17)29)9-14(10-24-18)8-13-2-4-15(22)5-3-13/h2-5,9-10,12,27H,6-8,11,23H2,1H3,(H2,25,28,29). The first-order valence-electron chi connectivity index (χ1n) is 9.46. The minimum absolute atomic E-state index is 0.0742. The number of fused-ring (bicyclic) bond motifs is 1. The Morgan fingerprint density at radius 3 is 2.63 bits per heavy atom. The molecule has 8 nitrogen and oxygen atoms in total. The van der Waals surface area contributed by atoms with Crippen LogP contribution in [0.1, 0.15) is 28.4 Å². The number of nitrogens with one attached hydrogen (secondary N) is 1. The first kappa shape index (κ1) is 21.4. The van der Waals surface area contributed by atoms with E-state index >= 15 is 0 Å². The van der Waals surface area contributed by atoms with Gasteiger partial charge in [0, 0.05) is 19.3 Å². The number of nitrogens with two attached hydrogens (primary N) is 1. The summed E-state index contributed by atoms with van der Waals surface area (Å²) in [6.07, 6.45) is 1.97. The van der Waals surface area contributed by atoms with Gasteiger partial charge in [-0.05, 0) is 42.7 Å². The van der Waals surface area contributed by atoms with Gasteiger partial charge >= 0.3 is 0 Å². The number of pyridine rings is 2.